The highest BCUT2D eigenvalue weighted by atomic mass is 32.2. The molecule has 2 aliphatic rings. The number of nitrogens with one attached hydrogen (secondary N) is 1. The van der Waals surface area contributed by atoms with Gasteiger partial charge in [0.2, 0.25) is 5.91 Å². The van der Waals surface area contributed by atoms with E-state index in [0.29, 0.717) is 18.0 Å². The zero-order valence-electron chi connectivity index (χ0n) is 15.3. The number of carbonyl (C=O) groups is 2. The summed E-state index contributed by atoms with van der Waals surface area (Å²) < 4.78 is 25.5. The minimum Gasteiger partial charge on any atom is -0.446 e. The van der Waals surface area contributed by atoms with Crippen molar-refractivity contribution in [2.75, 3.05) is 31.1 Å². The normalized spacial score (nSPS) is 22.7. The van der Waals surface area contributed by atoms with E-state index < -0.39 is 11.1 Å². The molecule has 0 bridgehead atoms. The Balaban J connectivity index is 1.55. The van der Waals surface area contributed by atoms with Crippen LogP contribution in [0, 0.1) is 0 Å². The van der Waals surface area contributed by atoms with Gasteiger partial charge in [-0.2, -0.15) is 0 Å². The van der Waals surface area contributed by atoms with Crippen LogP contribution >= 0.6 is 0 Å². The SMILES string of the molecule is CCNC(=O)OC1CCN([C@H]2CCN(c3ccc(S(=O)O)cc3)C2=O)CC1. The molecule has 0 saturated carbocycles. The molecule has 0 aromatic heterocycles. The number of rotatable bonds is 5. The molecule has 1 unspecified atom stereocenters. The zero-order valence-corrected chi connectivity index (χ0v) is 16.1. The molecule has 1 aromatic carbocycles. The maximum absolute atomic E-state index is 12.8. The summed E-state index contributed by atoms with van der Waals surface area (Å²) in [6.45, 7) is 4.45. The number of piperidine rings is 1. The maximum Gasteiger partial charge on any atom is 0.407 e. The first-order valence-electron chi connectivity index (χ1n) is 9.20. The number of likely N-dealkylation sites (tertiary alicyclic amines) is 1. The summed E-state index contributed by atoms with van der Waals surface area (Å²) in [5, 5.41) is 2.63. The molecule has 2 atom stereocenters. The van der Waals surface area contributed by atoms with Crippen molar-refractivity contribution in [1.82, 2.24) is 10.2 Å². The Bertz CT molecular complexity index is 703. The van der Waals surface area contributed by atoms with Crippen LogP contribution in [0.3, 0.4) is 0 Å². The molecule has 0 radical (unpaired) electrons. The lowest BCUT2D eigenvalue weighted by molar-refractivity contribution is -0.122. The highest BCUT2D eigenvalue weighted by molar-refractivity contribution is 7.79. The molecular formula is C18H25N3O5S. The van der Waals surface area contributed by atoms with Gasteiger partial charge in [0.1, 0.15) is 6.10 Å². The molecule has 27 heavy (non-hydrogen) atoms. The van der Waals surface area contributed by atoms with Gasteiger partial charge in [-0.25, -0.2) is 9.00 Å². The van der Waals surface area contributed by atoms with E-state index in [2.05, 4.69) is 10.2 Å². The quantitative estimate of drug-likeness (QED) is 0.735. The van der Waals surface area contributed by atoms with Gasteiger partial charge in [0.25, 0.3) is 0 Å². The second-order valence-corrected chi connectivity index (χ2v) is 7.68. The molecular weight excluding hydrogens is 370 g/mol. The van der Waals surface area contributed by atoms with E-state index in [-0.39, 0.29) is 24.1 Å². The minimum atomic E-state index is -2.02. The Morgan fingerprint density at radius 2 is 1.89 bits per heavy atom. The van der Waals surface area contributed by atoms with Crippen molar-refractivity contribution in [2.24, 2.45) is 0 Å². The minimum absolute atomic E-state index is 0.0518. The molecule has 9 heteroatoms. The molecule has 2 amide bonds. The lowest BCUT2D eigenvalue weighted by Gasteiger charge is -2.34. The first kappa shape index (κ1) is 19.8. The second-order valence-electron chi connectivity index (χ2n) is 6.71. The maximum atomic E-state index is 12.8. The summed E-state index contributed by atoms with van der Waals surface area (Å²) in [6.07, 6.45) is 1.70. The Kier molecular flexibility index (Phi) is 6.46. The van der Waals surface area contributed by atoms with Crippen molar-refractivity contribution in [3.63, 3.8) is 0 Å². The topological polar surface area (TPSA) is 99.2 Å². The van der Waals surface area contributed by atoms with Gasteiger partial charge in [-0.3, -0.25) is 9.69 Å². The summed E-state index contributed by atoms with van der Waals surface area (Å²) in [7, 11) is 0. The van der Waals surface area contributed by atoms with E-state index in [1.165, 1.54) is 0 Å². The number of anilines is 1. The number of benzene rings is 1. The molecule has 3 rings (SSSR count). The third-order valence-corrected chi connectivity index (χ3v) is 5.71. The molecule has 1 aromatic rings. The van der Waals surface area contributed by atoms with E-state index in [1.807, 2.05) is 6.92 Å². The summed E-state index contributed by atoms with van der Waals surface area (Å²) in [6, 6.07) is 6.38. The van der Waals surface area contributed by atoms with Crippen LogP contribution < -0.4 is 10.2 Å². The van der Waals surface area contributed by atoms with Gasteiger partial charge >= 0.3 is 6.09 Å². The highest BCUT2D eigenvalue weighted by Gasteiger charge is 2.38. The summed E-state index contributed by atoms with van der Waals surface area (Å²) >= 11 is -2.02. The highest BCUT2D eigenvalue weighted by Crippen LogP contribution is 2.27. The Morgan fingerprint density at radius 1 is 1.22 bits per heavy atom. The van der Waals surface area contributed by atoms with E-state index in [4.69, 9.17) is 9.29 Å². The van der Waals surface area contributed by atoms with Crippen molar-refractivity contribution in [2.45, 2.75) is 43.2 Å². The first-order chi connectivity index (χ1) is 13.0. The van der Waals surface area contributed by atoms with Gasteiger partial charge < -0.3 is 19.5 Å². The van der Waals surface area contributed by atoms with Gasteiger partial charge in [0, 0.05) is 31.9 Å². The van der Waals surface area contributed by atoms with Crippen molar-refractivity contribution in [3.8, 4) is 0 Å². The van der Waals surface area contributed by atoms with Crippen LogP contribution in [0.1, 0.15) is 26.2 Å². The van der Waals surface area contributed by atoms with E-state index >= 15 is 0 Å². The van der Waals surface area contributed by atoms with E-state index in [1.54, 1.807) is 29.2 Å². The number of nitrogens with zero attached hydrogens (tertiary/aromatic N) is 2. The third-order valence-electron chi connectivity index (χ3n) is 5.04. The molecule has 2 N–H and O–H groups in total. The molecule has 0 aliphatic carbocycles. The fraction of sp³-hybridized carbons (Fsp3) is 0.556. The lowest BCUT2D eigenvalue weighted by Crippen LogP contribution is -2.47. The summed E-state index contributed by atoms with van der Waals surface area (Å²) in [5.74, 6) is 0.0518. The van der Waals surface area contributed by atoms with Gasteiger partial charge in [-0.15, -0.1) is 0 Å². The van der Waals surface area contributed by atoms with E-state index in [9.17, 15) is 13.8 Å². The molecule has 2 aliphatic heterocycles. The van der Waals surface area contributed by atoms with Crippen LogP contribution in [0.25, 0.3) is 0 Å². The standard InChI is InChI=1S/C18H25N3O5S/c1-2-19-18(23)26-14-7-10-20(11-8-14)16-9-12-21(17(16)22)13-3-5-15(6-4-13)27(24)25/h3-6,14,16H,2,7-12H2,1H3,(H,19,23)(H,24,25)/t16-/m0/s1. The Labute approximate surface area is 161 Å². The van der Waals surface area contributed by atoms with Crippen molar-refractivity contribution in [3.05, 3.63) is 24.3 Å². The van der Waals surface area contributed by atoms with Crippen molar-refractivity contribution in [1.29, 1.82) is 0 Å². The van der Waals surface area contributed by atoms with Crippen LogP contribution in [-0.4, -0.2) is 64.0 Å². The van der Waals surface area contributed by atoms with Crippen LogP contribution in [-0.2, 0) is 20.6 Å². The number of hydrogen-bond donors (Lipinski definition) is 2. The average Bonchev–Trinajstić information content (AvgIpc) is 3.04. The fourth-order valence-corrected chi connectivity index (χ4v) is 4.01. The second kappa shape index (κ2) is 8.81. The smallest absolute Gasteiger partial charge is 0.407 e. The average molecular weight is 395 g/mol. The van der Waals surface area contributed by atoms with Crippen LogP contribution in [0.2, 0.25) is 0 Å². The number of carbonyl (C=O) groups excluding carboxylic acids is 2. The van der Waals surface area contributed by atoms with Gasteiger partial charge in [0.15, 0.2) is 11.1 Å². The molecule has 0 spiro atoms. The fourth-order valence-electron chi connectivity index (χ4n) is 3.65. The van der Waals surface area contributed by atoms with Crippen molar-refractivity contribution < 1.29 is 23.1 Å². The molecule has 2 heterocycles. The number of alkyl carbamates (subject to hydrolysis) is 1. The van der Waals surface area contributed by atoms with Crippen LogP contribution in [0.15, 0.2) is 29.2 Å². The third kappa shape index (κ3) is 4.66. The van der Waals surface area contributed by atoms with Crippen LogP contribution in [0.4, 0.5) is 10.5 Å². The van der Waals surface area contributed by atoms with Crippen molar-refractivity contribution >= 4 is 28.8 Å². The Morgan fingerprint density at radius 3 is 2.48 bits per heavy atom. The molecule has 2 fully saturated rings. The zero-order chi connectivity index (χ0) is 19.4. The monoisotopic (exact) mass is 395 g/mol. The number of hydrogen-bond acceptors (Lipinski definition) is 5. The van der Waals surface area contributed by atoms with Crippen LogP contribution in [0.5, 0.6) is 0 Å². The van der Waals surface area contributed by atoms with Gasteiger partial charge in [0.05, 0.1) is 10.9 Å². The Hall–Kier alpha value is -1.97. The lowest BCUT2D eigenvalue weighted by atomic mass is 10.0. The summed E-state index contributed by atoms with van der Waals surface area (Å²) in [5.41, 5.74) is 0.742. The molecule has 8 nitrogen and oxygen atoms in total. The first-order valence-corrected chi connectivity index (χ1v) is 10.3. The molecule has 148 valence electrons. The predicted molar refractivity (Wildman–Crippen MR) is 101 cm³/mol. The van der Waals surface area contributed by atoms with Gasteiger partial charge in [-0.05, 0) is 50.5 Å². The van der Waals surface area contributed by atoms with E-state index in [0.717, 1.165) is 38.0 Å². The summed E-state index contributed by atoms with van der Waals surface area (Å²) in [4.78, 5) is 28.6. The van der Waals surface area contributed by atoms with Gasteiger partial charge in [-0.1, -0.05) is 0 Å². The predicted octanol–water partition coefficient (Wildman–Crippen LogP) is 1.58. The number of amides is 2. The number of ether oxygens (including phenoxy) is 1. The largest absolute Gasteiger partial charge is 0.446 e. The molecule has 2 saturated heterocycles.